The summed E-state index contributed by atoms with van der Waals surface area (Å²) in [5, 5.41) is 0. The number of halogens is 2. The lowest BCUT2D eigenvalue weighted by Crippen LogP contribution is -2.51. The monoisotopic (exact) mass is 182 g/mol. The highest BCUT2D eigenvalue weighted by molar-refractivity contribution is 6.23. The van der Waals surface area contributed by atoms with Crippen molar-refractivity contribution in [2.24, 2.45) is 0 Å². The van der Waals surface area contributed by atoms with Crippen LogP contribution in [0.2, 0.25) is 0 Å². The van der Waals surface area contributed by atoms with E-state index in [0.29, 0.717) is 0 Å². The van der Waals surface area contributed by atoms with Crippen LogP contribution in [0.25, 0.3) is 0 Å². The normalized spacial score (nSPS) is 38.4. The molecule has 0 spiro atoms. The number of piperazine rings is 1. The van der Waals surface area contributed by atoms with Gasteiger partial charge in [0.25, 0.3) is 0 Å². The van der Waals surface area contributed by atoms with Crippen molar-refractivity contribution in [3.8, 4) is 0 Å². The van der Waals surface area contributed by atoms with E-state index < -0.39 is 0 Å². The molecule has 60 valence electrons. The fraction of sp³-hybridized carbons (Fsp3) is 1.00. The van der Waals surface area contributed by atoms with Crippen LogP contribution in [0, 0.1) is 0 Å². The Morgan fingerprint density at radius 2 is 1.50 bits per heavy atom. The fourth-order valence-electron chi connectivity index (χ4n) is 1.02. The van der Waals surface area contributed by atoms with Gasteiger partial charge in [-0.3, -0.25) is 4.90 Å². The molecule has 1 saturated heterocycles. The van der Waals surface area contributed by atoms with Gasteiger partial charge in [-0.15, -0.1) is 23.2 Å². The van der Waals surface area contributed by atoms with E-state index in [1.54, 1.807) is 0 Å². The summed E-state index contributed by atoms with van der Waals surface area (Å²) >= 11 is 11.9. The molecule has 10 heavy (non-hydrogen) atoms. The van der Waals surface area contributed by atoms with Gasteiger partial charge in [0.05, 0.1) is 11.0 Å². The topological polar surface area (TPSA) is 6.48 Å². The second-order valence-corrected chi connectivity index (χ2v) is 3.76. The quantitative estimate of drug-likeness (QED) is 0.408. The standard InChI is InChI=1S/C6H12Cl2N2/c1-9-3-5(7)10(2)6(8)4-9/h5-6H,3-4H2,1-2H3. The van der Waals surface area contributed by atoms with Gasteiger partial charge in [0.15, 0.2) is 0 Å². The predicted molar refractivity (Wildman–Crippen MR) is 44.5 cm³/mol. The first-order chi connectivity index (χ1) is 4.61. The zero-order valence-corrected chi connectivity index (χ0v) is 7.73. The Kier molecular flexibility index (Phi) is 2.81. The SMILES string of the molecule is CN1CC(Cl)N(C)C(Cl)C1. The Hall–Kier alpha value is 0.500. The van der Waals surface area contributed by atoms with Crippen LogP contribution in [0.15, 0.2) is 0 Å². The van der Waals surface area contributed by atoms with E-state index in [2.05, 4.69) is 4.90 Å². The molecule has 4 heteroatoms. The average Bonchev–Trinajstić information content (AvgIpc) is 1.82. The van der Waals surface area contributed by atoms with E-state index in [1.165, 1.54) is 0 Å². The van der Waals surface area contributed by atoms with Crippen LogP contribution < -0.4 is 0 Å². The lowest BCUT2D eigenvalue weighted by atomic mass is 10.3. The molecule has 0 radical (unpaired) electrons. The Bertz CT molecular complexity index is 108. The summed E-state index contributed by atoms with van der Waals surface area (Å²) in [5.74, 6) is 0. The summed E-state index contributed by atoms with van der Waals surface area (Å²) in [6.45, 7) is 1.78. The number of rotatable bonds is 0. The van der Waals surface area contributed by atoms with Crippen molar-refractivity contribution in [3.63, 3.8) is 0 Å². The van der Waals surface area contributed by atoms with Gasteiger partial charge in [-0.2, -0.15) is 0 Å². The van der Waals surface area contributed by atoms with Crippen molar-refractivity contribution in [3.05, 3.63) is 0 Å². The first-order valence-electron chi connectivity index (χ1n) is 3.30. The molecule has 0 aromatic rings. The molecule has 2 atom stereocenters. The third-order valence-corrected chi connectivity index (χ3v) is 2.70. The maximum Gasteiger partial charge on any atom is 0.0988 e. The molecule has 0 bridgehead atoms. The molecule has 0 aromatic heterocycles. The number of hydrogen-bond acceptors (Lipinski definition) is 2. The van der Waals surface area contributed by atoms with Gasteiger partial charge in [-0.05, 0) is 14.1 Å². The summed E-state index contributed by atoms with van der Waals surface area (Å²) in [6.07, 6.45) is 0. The minimum absolute atomic E-state index is 0.0567. The first-order valence-corrected chi connectivity index (χ1v) is 4.17. The largest absolute Gasteiger partial charge is 0.301 e. The Morgan fingerprint density at radius 3 is 1.90 bits per heavy atom. The molecule has 0 N–H and O–H groups in total. The average molecular weight is 183 g/mol. The maximum atomic E-state index is 5.96. The van der Waals surface area contributed by atoms with Crippen molar-refractivity contribution in [2.45, 2.75) is 11.0 Å². The Labute approximate surface area is 71.7 Å². The van der Waals surface area contributed by atoms with E-state index in [1.807, 2.05) is 19.0 Å². The molecule has 1 aliphatic rings. The first kappa shape index (κ1) is 8.60. The highest BCUT2D eigenvalue weighted by Crippen LogP contribution is 2.17. The zero-order valence-electron chi connectivity index (χ0n) is 6.22. The molecule has 1 heterocycles. The van der Waals surface area contributed by atoms with Crippen LogP contribution in [0.1, 0.15) is 0 Å². The number of likely N-dealkylation sites (N-methyl/N-ethyl adjacent to an activating group) is 2. The van der Waals surface area contributed by atoms with Gasteiger partial charge in [-0.25, -0.2) is 0 Å². The molecule has 1 rings (SSSR count). The van der Waals surface area contributed by atoms with Gasteiger partial charge >= 0.3 is 0 Å². The van der Waals surface area contributed by atoms with Crippen molar-refractivity contribution >= 4 is 23.2 Å². The Balaban J connectivity index is 2.49. The Morgan fingerprint density at radius 1 is 1.10 bits per heavy atom. The van der Waals surface area contributed by atoms with Gasteiger partial charge in [0, 0.05) is 13.1 Å². The third kappa shape index (κ3) is 1.76. The summed E-state index contributed by atoms with van der Waals surface area (Å²) in [6, 6.07) is 0. The second kappa shape index (κ2) is 3.26. The number of hydrogen-bond donors (Lipinski definition) is 0. The van der Waals surface area contributed by atoms with Crippen molar-refractivity contribution in [1.29, 1.82) is 0 Å². The molecule has 2 unspecified atom stereocenters. The molecule has 1 aliphatic heterocycles. The summed E-state index contributed by atoms with van der Waals surface area (Å²) in [7, 11) is 3.97. The van der Waals surface area contributed by atoms with E-state index in [0.717, 1.165) is 13.1 Å². The van der Waals surface area contributed by atoms with E-state index in [9.17, 15) is 0 Å². The molecule has 0 aromatic carbocycles. The second-order valence-electron chi connectivity index (χ2n) is 2.76. The lowest BCUT2D eigenvalue weighted by Gasteiger charge is -2.37. The van der Waals surface area contributed by atoms with Crippen LogP contribution in [-0.4, -0.2) is 48.0 Å². The summed E-state index contributed by atoms with van der Waals surface area (Å²) < 4.78 is 0. The highest BCUT2D eigenvalue weighted by Gasteiger charge is 2.26. The highest BCUT2D eigenvalue weighted by atomic mass is 35.5. The molecule has 0 amide bonds. The minimum atomic E-state index is 0.0567. The van der Waals surface area contributed by atoms with Crippen LogP contribution in [-0.2, 0) is 0 Å². The van der Waals surface area contributed by atoms with Gasteiger partial charge in [0.2, 0.25) is 0 Å². The van der Waals surface area contributed by atoms with Crippen LogP contribution >= 0.6 is 23.2 Å². The summed E-state index contributed by atoms with van der Waals surface area (Å²) in [4.78, 5) is 4.11. The molecular weight excluding hydrogens is 171 g/mol. The van der Waals surface area contributed by atoms with Crippen LogP contribution in [0.5, 0.6) is 0 Å². The summed E-state index contributed by atoms with van der Waals surface area (Å²) in [5.41, 5.74) is 0.113. The van der Waals surface area contributed by atoms with Crippen LogP contribution in [0.3, 0.4) is 0 Å². The molecule has 0 saturated carbocycles. The smallest absolute Gasteiger partial charge is 0.0988 e. The van der Waals surface area contributed by atoms with E-state index in [-0.39, 0.29) is 11.0 Å². The molecule has 2 nitrogen and oxygen atoms in total. The van der Waals surface area contributed by atoms with Crippen LogP contribution in [0.4, 0.5) is 0 Å². The lowest BCUT2D eigenvalue weighted by molar-refractivity contribution is 0.137. The van der Waals surface area contributed by atoms with Gasteiger partial charge in [-0.1, -0.05) is 0 Å². The molecule has 0 aliphatic carbocycles. The van der Waals surface area contributed by atoms with Crippen molar-refractivity contribution < 1.29 is 0 Å². The van der Waals surface area contributed by atoms with Gasteiger partial charge < -0.3 is 4.90 Å². The fourth-order valence-corrected chi connectivity index (χ4v) is 1.82. The maximum absolute atomic E-state index is 5.96. The zero-order chi connectivity index (χ0) is 7.72. The van der Waals surface area contributed by atoms with E-state index >= 15 is 0 Å². The number of alkyl halides is 2. The molecular formula is C6H12Cl2N2. The van der Waals surface area contributed by atoms with Crippen molar-refractivity contribution in [2.75, 3.05) is 27.2 Å². The molecule has 1 fully saturated rings. The van der Waals surface area contributed by atoms with Gasteiger partial charge in [0.1, 0.15) is 0 Å². The number of nitrogens with zero attached hydrogens (tertiary/aromatic N) is 2. The predicted octanol–water partition coefficient (Wildman–Crippen LogP) is 0.993. The minimum Gasteiger partial charge on any atom is -0.301 e. The van der Waals surface area contributed by atoms with Crippen molar-refractivity contribution in [1.82, 2.24) is 9.80 Å². The van der Waals surface area contributed by atoms with E-state index in [4.69, 9.17) is 23.2 Å². The third-order valence-electron chi connectivity index (χ3n) is 1.81.